The molecule has 0 aromatic heterocycles. The number of carbonyl (C=O) groups excluding carboxylic acids is 2. The molecule has 2 fully saturated rings. The van der Waals surface area contributed by atoms with Gasteiger partial charge in [0, 0.05) is 19.1 Å². The zero-order valence-electron chi connectivity index (χ0n) is 14.9. The lowest BCUT2D eigenvalue weighted by molar-refractivity contribution is -0.148. The fraction of sp³-hybridized carbons (Fsp3) is 0.579. The average molecular weight is 329 g/mol. The van der Waals surface area contributed by atoms with E-state index in [1.54, 1.807) is 4.90 Å². The molecule has 3 atom stereocenters. The van der Waals surface area contributed by atoms with Gasteiger partial charge in [-0.3, -0.25) is 9.59 Å². The van der Waals surface area contributed by atoms with Gasteiger partial charge in [-0.25, -0.2) is 0 Å². The standard InChI is InChI=1S/C19H27N3O2/c1-11(2)17-19(24)22-10-15(8-16(22)18(23)21-17)20-9-14-6-5-12(3)7-13(14)4/h5-7,11,15-17,20H,8-10H2,1-4H3,(H,21,23)/t15-,16-,17+/m0/s1. The Balaban J connectivity index is 1.64. The molecule has 5 nitrogen and oxygen atoms in total. The molecule has 2 aliphatic rings. The Morgan fingerprint density at radius 3 is 2.71 bits per heavy atom. The van der Waals surface area contributed by atoms with Crippen LogP contribution in [-0.2, 0) is 16.1 Å². The van der Waals surface area contributed by atoms with E-state index in [9.17, 15) is 9.59 Å². The second-order valence-electron chi connectivity index (χ2n) is 7.48. The molecule has 2 aliphatic heterocycles. The predicted molar refractivity (Wildman–Crippen MR) is 93.4 cm³/mol. The minimum absolute atomic E-state index is 0.0101. The number of nitrogens with zero attached hydrogens (tertiary/aromatic N) is 1. The highest BCUT2D eigenvalue weighted by molar-refractivity contribution is 5.97. The number of fused-ring (bicyclic) bond motifs is 1. The number of rotatable bonds is 4. The second kappa shape index (κ2) is 6.55. The van der Waals surface area contributed by atoms with Gasteiger partial charge in [0.15, 0.2) is 0 Å². The van der Waals surface area contributed by atoms with Crippen LogP contribution in [-0.4, -0.2) is 41.4 Å². The molecule has 2 N–H and O–H groups in total. The number of benzene rings is 1. The zero-order chi connectivity index (χ0) is 17.4. The summed E-state index contributed by atoms with van der Waals surface area (Å²) in [6.07, 6.45) is 0.688. The maximum absolute atomic E-state index is 12.6. The molecule has 0 bridgehead atoms. The Hall–Kier alpha value is -1.88. The van der Waals surface area contributed by atoms with E-state index < -0.39 is 0 Å². The molecule has 2 amide bonds. The van der Waals surface area contributed by atoms with Gasteiger partial charge in [0.25, 0.3) is 0 Å². The van der Waals surface area contributed by atoms with Crippen LogP contribution < -0.4 is 10.6 Å². The van der Waals surface area contributed by atoms with E-state index in [1.807, 2.05) is 13.8 Å². The minimum Gasteiger partial charge on any atom is -0.342 e. The summed E-state index contributed by atoms with van der Waals surface area (Å²) in [5.74, 6) is 0.166. The van der Waals surface area contributed by atoms with Crippen molar-refractivity contribution in [3.05, 3.63) is 34.9 Å². The molecule has 5 heteroatoms. The van der Waals surface area contributed by atoms with E-state index in [1.165, 1.54) is 16.7 Å². The quantitative estimate of drug-likeness (QED) is 0.880. The molecule has 2 heterocycles. The van der Waals surface area contributed by atoms with Crippen molar-refractivity contribution in [3.63, 3.8) is 0 Å². The van der Waals surface area contributed by atoms with Crippen molar-refractivity contribution < 1.29 is 9.59 Å². The van der Waals surface area contributed by atoms with E-state index in [0.29, 0.717) is 13.0 Å². The van der Waals surface area contributed by atoms with Gasteiger partial charge in [0.2, 0.25) is 11.8 Å². The van der Waals surface area contributed by atoms with E-state index >= 15 is 0 Å². The van der Waals surface area contributed by atoms with E-state index in [2.05, 4.69) is 42.7 Å². The molecule has 130 valence electrons. The van der Waals surface area contributed by atoms with Crippen molar-refractivity contribution in [3.8, 4) is 0 Å². The SMILES string of the molecule is Cc1ccc(CN[C@H]2C[C@H]3C(=O)N[C@H](C(C)C)C(=O)N3C2)c(C)c1. The largest absolute Gasteiger partial charge is 0.342 e. The van der Waals surface area contributed by atoms with Gasteiger partial charge in [0.1, 0.15) is 12.1 Å². The van der Waals surface area contributed by atoms with Crippen LogP contribution in [0.25, 0.3) is 0 Å². The Morgan fingerprint density at radius 2 is 2.04 bits per heavy atom. The first kappa shape index (κ1) is 17.0. The van der Waals surface area contributed by atoms with Gasteiger partial charge < -0.3 is 15.5 Å². The number of hydrogen-bond donors (Lipinski definition) is 2. The first-order valence-electron chi connectivity index (χ1n) is 8.77. The van der Waals surface area contributed by atoms with E-state index in [-0.39, 0.29) is 35.9 Å². The predicted octanol–water partition coefficient (Wildman–Crippen LogP) is 1.52. The van der Waals surface area contributed by atoms with Crippen LogP contribution >= 0.6 is 0 Å². The van der Waals surface area contributed by atoms with Crippen molar-refractivity contribution in [1.29, 1.82) is 0 Å². The van der Waals surface area contributed by atoms with Gasteiger partial charge in [-0.2, -0.15) is 0 Å². The third-order valence-electron chi connectivity index (χ3n) is 5.20. The maximum atomic E-state index is 12.6. The first-order chi connectivity index (χ1) is 11.4. The highest BCUT2D eigenvalue weighted by Crippen LogP contribution is 2.25. The van der Waals surface area contributed by atoms with Crippen molar-refractivity contribution in [1.82, 2.24) is 15.5 Å². The lowest BCUT2D eigenvalue weighted by Crippen LogP contribution is -2.62. The van der Waals surface area contributed by atoms with Crippen LogP contribution in [0, 0.1) is 19.8 Å². The Morgan fingerprint density at radius 1 is 1.29 bits per heavy atom. The molecule has 0 unspecified atom stereocenters. The number of nitrogens with one attached hydrogen (secondary N) is 2. The summed E-state index contributed by atoms with van der Waals surface area (Å²) in [5.41, 5.74) is 3.80. The summed E-state index contributed by atoms with van der Waals surface area (Å²) in [6, 6.07) is 5.91. The summed E-state index contributed by atoms with van der Waals surface area (Å²) >= 11 is 0. The highest BCUT2D eigenvalue weighted by Gasteiger charge is 2.46. The fourth-order valence-electron chi connectivity index (χ4n) is 3.72. The lowest BCUT2D eigenvalue weighted by Gasteiger charge is -2.36. The number of aryl methyl sites for hydroxylation is 2. The molecular weight excluding hydrogens is 302 g/mol. The number of piperazine rings is 1. The van der Waals surface area contributed by atoms with Gasteiger partial charge in [-0.05, 0) is 37.3 Å². The second-order valence-corrected chi connectivity index (χ2v) is 7.48. The highest BCUT2D eigenvalue weighted by atomic mass is 16.2. The van der Waals surface area contributed by atoms with Crippen LogP contribution in [0.5, 0.6) is 0 Å². The molecule has 24 heavy (non-hydrogen) atoms. The van der Waals surface area contributed by atoms with Crippen molar-refractivity contribution in [2.24, 2.45) is 5.92 Å². The Kier molecular flexibility index (Phi) is 4.63. The van der Waals surface area contributed by atoms with Crippen molar-refractivity contribution in [2.45, 2.75) is 58.8 Å². The van der Waals surface area contributed by atoms with Crippen LogP contribution in [0.4, 0.5) is 0 Å². The van der Waals surface area contributed by atoms with Crippen molar-refractivity contribution in [2.75, 3.05) is 6.54 Å². The van der Waals surface area contributed by atoms with Crippen molar-refractivity contribution >= 4 is 11.8 Å². The topological polar surface area (TPSA) is 61.4 Å². The Labute approximate surface area is 143 Å². The summed E-state index contributed by atoms with van der Waals surface area (Å²) in [7, 11) is 0. The normalized spacial score (nSPS) is 26.7. The molecule has 3 rings (SSSR count). The zero-order valence-corrected chi connectivity index (χ0v) is 14.9. The van der Waals surface area contributed by atoms with Crippen LogP contribution in [0.2, 0.25) is 0 Å². The number of amides is 2. The van der Waals surface area contributed by atoms with Crippen LogP contribution in [0.3, 0.4) is 0 Å². The third kappa shape index (κ3) is 3.18. The minimum atomic E-state index is -0.383. The van der Waals surface area contributed by atoms with Gasteiger partial charge in [-0.15, -0.1) is 0 Å². The first-order valence-corrected chi connectivity index (χ1v) is 8.77. The molecule has 0 radical (unpaired) electrons. The lowest BCUT2D eigenvalue weighted by atomic mass is 9.98. The summed E-state index contributed by atoms with van der Waals surface area (Å²) < 4.78 is 0. The molecule has 1 aromatic rings. The summed E-state index contributed by atoms with van der Waals surface area (Å²) in [6.45, 7) is 9.52. The maximum Gasteiger partial charge on any atom is 0.246 e. The summed E-state index contributed by atoms with van der Waals surface area (Å²) in [4.78, 5) is 26.7. The molecule has 0 aliphatic carbocycles. The van der Waals surface area contributed by atoms with E-state index in [4.69, 9.17) is 0 Å². The van der Waals surface area contributed by atoms with Gasteiger partial charge in [-0.1, -0.05) is 37.6 Å². The molecular formula is C19H27N3O2. The average Bonchev–Trinajstić information content (AvgIpc) is 2.95. The summed E-state index contributed by atoms with van der Waals surface area (Å²) in [5, 5.41) is 6.41. The molecule has 2 saturated heterocycles. The molecule has 0 saturated carbocycles. The number of hydrogen-bond acceptors (Lipinski definition) is 3. The molecule has 1 aromatic carbocycles. The van der Waals surface area contributed by atoms with Gasteiger partial charge >= 0.3 is 0 Å². The van der Waals surface area contributed by atoms with Crippen LogP contribution in [0.15, 0.2) is 18.2 Å². The van der Waals surface area contributed by atoms with E-state index in [0.717, 1.165) is 6.54 Å². The number of carbonyl (C=O) groups is 2. The molecule has 0 spiro atoms. The fourth-order valence-corrected chi connectivity index (χ4v) is 3.72. The monoisotopic (exact) mass is 329 g/mol. The smallest absolute Gasteiger partial charge is 0.246 e. The van der Waals surface area contributed by atoms with Gasteiger partial charge in [0.05, 0.1) is 0 Å². The third-order valence-corrected chi connectivity index (χ3v) is 5.20. The van der Waals surface area contributed by atoms with Crippen LogP contribution in [0.1, 0.15) is 37.0 Å². The Bertz CT molecular complexity index is 656.